The van der Waals surface area contributed by atoms with Crippen molar-refractivity contribution in [1.82, 2.24) is 9.78 Å². The molecule has 0 fully saturated rings. The Labute approximate surface area is 124 Å². The maximum atomic E-state index is 8.61. The van der Waals surface area contributed by atoms with Crippen LogP contribution in [-0.2, 0) is 13.5 Å². The van der Waals surface area contributed by atoms with E-state index in [1.807, 2.05) is 45.2 Å². The van der Waals surface area contributed by atoms with Gasteiger partial charge in [-0.25, -0.2) is 0 Å². The molecule has 0 saturated heterocycles. The monoisotopic (exact) mass is 285 g/mol. The molecule has 0 N–H and O–H groups in total. The summed E-state index contributed by atoms with van der Waals surface area (Å²) >= 11 is 0. The number of nitriles is 1. The Morgan fingerprint density at radius 3 is 2.38 bits per heavy atom. The van der Waals surface area contributed by atoms with E-state index in [0.29, 0.717) is 19.6 Å². The molecular formula is C16H19N3O2. The molecule has 0 spiro atoms. The number of benzene rings is 1. The molecule has 5 nitrogen and oxygen atoms in total. The number of ether oxygens (including phenoxy) is 2. The summed E-state index contributed by atoms with van der Waals surface area (Å²) in [7, 11) is 1.90. The van der Waals surface area contributed by atoms with Crippen LogP contribution in [0, 0.1) is 25.2 Å². The first-order valence-electron chi connectivity index (χ1n) is 6.83. The SMILES string of the molecule is Cc1nn(C)c(C)c1OCCOc1ccc(CC#N)cc1. The van der Waals surface area contributed by atoms with Gasteiger partial charge in [0.2, 0.25) is 0 Å². The molecule has 5 heteroatoms. The standard InChI is InChI=1S/C16H19N3O2/c1-12-16(13(2)19(3)18-12)21-11-10-20-15-6-4-14(5-7-15)8-9-17/h4-7H,8,10-11H2,1-3H3. The Bertz CT molecular complexity index is 639. The number of hydrogen-bond donors (Lipinski definition) is 0. The second-order valence-corrected chi connectivity index (χ2v) is 4.80. The third-order valence-corrected chi connectivity index (χ3v) is 3.25. The predicted octanol–water partition coefficient (Wildman–Crippen LogP) is 2.56. The predicted molar refractivity (Wildman–Crippen MR) is 79.4 cm³/mol. The summed E-state index contributed by atoms with van der Waals surface area (Å²) in [6.07, 6.45) is 0.420. The number of nitrogens with zero attached hydrogens (tertiary/aromatic N) is 3. The van der Waals surface area contributed by atoms with Crippen molar-refractivity contribution >= 4 is 0 Å². The minimum Gasteiger partial charge on any atom is -0.490 e. The molecule has 0 aliphatic carbocycles. The lowest BCUT2D eigenvalue weighted by Gasteiger charge is -2.09. The highest BCUT2D eigenvalue weighted by molar-refractivity contribution is 5.31. The van der Waals surface area contributed by atoms with E-state index in [1.54, 1.807) is 4.68 Å². The first kappa shape index (κ1) is 14.9. The van der Waals surface area contributed by atoms with Gasteiger partial charge in [-0.15, -0.1) is 0 Å². The molecule has 0 aliphatic rings. The van der Waals surface area contributed by atoms with Crippen LogP contribution in [0.4, 0.5) is 0 Å². The number of hydrogen-bond acceptors (Lipinski definition) is 4. The van der Waals surface area contributed by atoms with E-state index >= 15 is 0 Å². The van der Waals surface area contributed by atoms with Gasteiger partial charge in [-0.3, -0.25) is 4.68 Å². The highest BCUT2D eigenvalue weighted by Crippen LogP contribution is 2.21. The molecule has 0 amide bonds. The highest BCUT2D eigenvalue weighted by atomic mass is 16.5. The molecular weight excluding hydrogens is 266 g/mol. The minimum atomic E-state index is 0.420. The highest BCUT2D eigenvalue weighted by Gasteiger charge is 2.10. The van der Waals surface area contributed by atoms with Crippen LogP contribution >= 0.6 is 0 Å². The van der Waals surface area contributed by atoms with E-state index in [0.717, 1.165) is 28.5 Å². The number of aromatic nitrogens is 2. The van der Waals surface area contributed by atoms with Crippen LogP contribution in [-0.4, -0.2) is 23.0 Å². The maximum Gasteiger partial charge on any atom is 0.163 e. The van der Waals surface area contributed by atoms with Crippen LogP contribution in [0.5, 0.6) is 11.5 Å². The summed E-state index contributed by atoms with van der Waals surface area (Å²) in [5.74, 6) is 1.60. The first-order chi connectivity index (χ1) is 10.1. The number of rotatable bonds is 6. The van der Waals surface area contributed by atoms with E-state index in [1.165, 1.54) is 0 Å². The lowest BCUT2D eigenvalue weighted by Crippen LogP contribution is -2.09. The van der Waals surface area contributed by atoms with Crippen molar-refractivity contribution in [3.05, 3.63) is 41.2 Å². The van der Waals surface area contributed by atoms with Crippen molar-refractivity contribution in [2.24, 2.45) is 7.05 Å². The fourth-order valence-corrected chi connectivity index (χ4v) is 2.06. The van der Waals surface area contributed by atoms with Crippen LogP contribution in [0.15, 0.2) is 24.3 Å². The molecule has 2 aromatic rings. The van der Waals surface area contributed by atoms with E-state index in [2.05, 4.69) is 11.2 Å². The lowest BCUT2D eigenvalue weighted by atomic mass is 10.2. The van der Waals surface area contributed by atoms with Gasteiger partial charge < -0.3 is 9.47 Å². The van der Waals surface area contributed by atoms with Crippen LogP contribution in [0.2, 0.25) is 0 Å². The van der Waals surface area contributed by atoms with Crippen LogP contribution in [0.25, 0.3) is 0 Å². The van der Waals surface area contributed by atoms with Gasteiger partial charge in [0.05, 0.1) is 18.2 Å². The molecule has 2 rings (SSSR count). The van der Waals surface area contributed by atoms with Crippen molar-refractivity contribution in [2.75, 3.05) is 13.2 Å². The average Bonchev–Trinajstić information content (AvgIpc) is 2.71. The lowest BCUT2D eigenvalue weighted by molar-refractivity contribution is 0.215. The normalized spacial score (nSPS) is 10.2. The third-order valence-electron chi connectivity index (χ3n) is 3.25. The van der Waals surface area contributed by atoms with E-state index in [4.69, 9.17) is 14.7 Å². The van der Waals surface area contributed by atoms with Gasteiger partial charge in [0.25, 0.3) is 0 Å². The van der Waals surface area contributed by atoms with Gasteiger partial charge in [-0.05, 0) is 31.5 Å². The second kappa shape index (κ2) is 6.80. The molecule has 0 radical (unpaired) electrons. The van der Waals surface area contributed by atoms with Crippen LogP contribution in [0.1, 0.15) is 17.0 Å². The zero-order valence-corrected chi connectivity index (χ0v) is 12.6. The Kier molecular flexibility index (Phi) is 4.83. The fraction of sp³-hybridized carbons (Fsp3) is 0.375. The summed E-state index contributed by atoms with van der Waals surface area (Å²) < 4.78 is 13.1. The fourth-order valence-electron chi connectivity index (χ4n) is 2.06. The molecule has 110 valence electrons. The molecule has 0 saturated carbocycles. The number of aryl methyl sites for hydroxylation is 2. The Morgan fingerprint density at radius 2 is 1.81 bits per heavy atom. The van der Waals surface area contributed by atoms with Crippen molar-refractivity contribution in [3.63, 3.8) is 0 Å². The van der Waals surface area contributed by atoms with Gasteiger partial charge in [-0.1, -0.05) is 12.1 Å². The zero-order valence-electron chi connectivity index (χ0n) is 12.6. The molecule has 1 aromatic carbocycles. The van der Waals surface area contributed by atoms with E-state index in [9.17, 15) is 0 Å². The largest absolute Gasteiger partial charge is 0.490 e. The summed E-state index contributed by atoms with van der Waals surface area (Å²) in [5.41, 5.74) is 2.88. The molecule has 0 atom stereocenters. The summed E-state index contributed by atoms with van der Waals surface area (Å²) in [6.45, 7) is 4.83. The van der Waals surface area contributed by atoms with Gasteiger partial charge in [0.15, 0.2) is 5.75 Å². The van der Waals surface area contributed by atoms with Gasteiger partial charge >= 0.3 is 0 Å². The average molecular weight is 285 g/mol. The summed E-state index contributed by atoms with van der Waals surface area (Å²) in [4.78, 5) is 0. The van der Waals surface area contributed by atoms with Crippen molar-refractivity contribution in [3.8, 4) is 17.6 Å². The molecule has 1 aromatic heterocycles. The quantitative estimate of drug-likeness (QED) is 0.765. The summed E-state index contributed by atoms with van der Waals surface area (Å²) in [5, 5.41) is 12.9. The van der Waals surface area contributed by atoms with Crippen molar-refractivity contribution in [2.45, 2.75) is 20.3 Å². The second-order valence-electron chi connectivity index (χ2n) is 4.80. The molecule has 0 aliphatic heterocycles. The minimum absolute atomic E-state index is 0.420. The first-order valence-corrected chi connectivity index (χ1v) is 6.83. The molecule has 1 heterocycles. The zero-order chi connectivity index (χ0) is 15.2. The Balaban J connectivity index is 1.81. The topological polar surface area (TPSA) is 60.1 Å². The molecule has 21 heavy (non-hydrogen) atoms. The molecule has 0 bridgehead atoms. The summed E-state index contributed by atoms with van der Waals surface area (Å²) in [6, 6.07) is 9.65. The van der Waals surface area contributed by atoms with Gasteiger partial charge in [-0.2, -0.15) is 10.4 Å². The molecule has 0 unspecified atom stereocenters. The van der Waals surface area contributed by atoms with Crippen LogP contribution < -0.4 is 9.47 Å². The third kappa shape index (κ3) is 3.76. The van der Waals surface area contributed by atoms with Crippen molar-refractivity contribution < 1.29 is 9.47 Å². The smallest absolute Gasteiger partial charge is 0.163 e. The maximum absolute atomic E-state index is 8.61. The Morgan fingerprint density at radius 1 is 1.14 bits per heavy atom. The van der Waals surface area contributed by atoms with Crippen molar-refractivity contribution in [1.29, 1.82) is 5.26 Å². The van der Waals surface area contributed by atoms with E-state index in [-0.39, 0.29) is 0 Å². The van der Waals surface area contributed by atoms with Gasteiger partial charge in [0, 0.05) is 7.05 Å². The Hall–Kier alpha value is -2.48. The van der Waals surface area contributed by atoms with Crippen LogP contribution in [0.3, 0.4) is 0 Å². The van der Waals surface area contributed by atoms with E-state index < -0.39 is 0 Å². The van der Waals surface area contributed by atoms with Gasteiger partial charge in [0.1, 0.15) is 24.7 Å².